The number of rotatable bonds is 2. The number of carbonyl (C=O) groups excluding carboxylic acids is 2. The minimum Gasteiger partial charge on any atom is -0.268 e. The molecular weight excluding hydrogens is 390 g/mol. The van der Waals surface area contributed by atoms with E-state index in [1.807, 2.05) is 0 Å². The van der Waals surface area contributed by atoms with Crippen LogP contribution in [0, 0.1) is 25.5 Å². The van der Waals surface area contributed by atoms with Gasteiger partial charge in [0.2, 0.25) is 0 Å². The number of hydrogen-bond donors (Lipinski definition) is 0. The van der Waals surface area contributed by atoms with E-state index >= 15 is 0 Å². The molecule has 0 saturated carbocycles. The Balaban J connectivity index is 1.72. The maximum absolute atomic E-state index is 14.5. The maximum Gasteiger partial charge on any atom is 0.267 e. The summed E-state index contributed by atoms with van der Waals surface area (Å²) in [5, 5.41) is 4.78. The second-order valence-corrected chi connectivity index (χ2v) is 7.12. The van der Waals surface area contributed by atoms with Gasteiger partial charge in [-0.15, -0.1) is 0 Å². The number of carbonyl (C=O) groups is 2. The van der Waals surface area contributed by atoms with Gasteiger partial charge in [-0.05, 0) is 49.7 Å². The highest BCUT2D eigenvalue weighted by molar-refractivity contribution is 6.37. The molecule has 3 heterocycles. The largest absolute Gasteiger partial charge is 0.268 e. The molecule has 2 aromatic carbocycles. The summed E-state index contributed by atoms with van der Waals surface area (Å²) in [6.07, 6.45) is 1.28. The fraction of sp³-hybridized carbons (Fsp3) is 0.0909. The Labute approximate surface area is 169 Å². The van der Waals surface area contributed by atoms with Crippen molar-refractivity contribution in [2.45, 2.75) is 13.8 Å². The van der Waals surface area contributed by atoms with E-state index in [1.165, 1.54) is 41.2 Å². The quantitative estimate of drug-likeness (QED) is 0.472. The predicted molar refractivity (Wildman–Crippen MR) is 106 cm³/mol. The Morgan fingerprint density at radius 3 is 2.50 bits per heavy atom. The van der Waals surface area contributed by atoms with Crippen LogP contribution in [0.5, 0.6) is 0 Å². The maximum atomic E-state index is 14.5. The fourth-order valence-electron chi connectivity index (χ4n) is 3.76. The van der Waals surface area contributed by atoms with Crippen molar-refractivity contribution in [1.82, 2.24) is 14.8 Å². The van der Waals surface area contributed by atoms with Crippen molar-refractivity contribution in [3.8, 4) is 5.69 Å². The first-order valence-corrected chi connectivity index (χ1v) is 9.16. The smallest absolute Gasteiger partial charge is 0.267 e. The van der Waals surface area contributed by atoms with Crippen molar-refractivity contribution in [1.29, 1.82) is 0 Å². The minimum absolute atomic E-state index is 0.0781. The topological polar surface area (TPSA) is 68.1 Å². The zero-order chi connectivity index (χ0) is 21.2. The number of pyridine rings is 1. The number of benzene rings is 2. The lowest BCUT2D eigenvalue weighted by atomic mass is 10.1. The van der Waals surface area contributed by atoms with Crippen LogP contribution in [0.1, 0.15) is 32.0 Å². The number of imide groups is 1. The van der Waals surface area contributed by atoms with Crippen LogP contribution in [0.15, 0.2) is 48.7 Å². The Morgan fingerprint density at radius 1 is 0.967 bits per heavy atom. The van der Waals surface area contributed by atoms with Crippen LogP contribution in [0.2, 0.25) is 0 Å². The van der Waals surface area contributed by atoms with Crippen molar-refractivity contribution in [3.05, 3.63) is 82.7 Å². The first kappa shape index (κ1) is 18.1. The van der Waals surface area contributed by atoms with E-state index < -0.39 is 23.4 Å². The summed E-state index contributed by atoms with van der Waals surface area (Å²) in [5.74, 6) is -2.40. The normalized spacial score (nSPS) is 13.4. The van der Waals surface area contributed by atoms with E-state index in [-0.39, 0.29) is 16.8 Å². The van der Waals surface area contributed by atoms with Gasteiger partial charge < -0.3 is 0 Å². The molecule has 8 heteroatoms. The van der Waals surface area contributed by atoms with Gasteiger partial charge in [-0.25, -0.2) is 23.3 Å². The van der Waals surface area contributed by atoms with Crippen molar-refractivity contribution in [3.63, 3.8) is 0 Å². The Bertz CT molecular complexity index is 1390. The Kier molecular flexibility index (Phi) is 3.79. The highest BCUT2D eigenvalue weighted by Crippen LogP contribution is 2.35. The molecule has 0 fully saturated rings. The Morgan fingerprint density at radius 2 is 1.77 bits per heavy atom. The molecule has 2 amide bonds. The first-order chi connectivity index (χ1) is 14.4. The van der Waals surface area contributed by atoms with E-state index in [2.05, 4.69) is 10.1 Å². The van der Waals surface area contributed by atoms with E-state index in [0.717, 1.165) is 4.90 Å². The van der Waals surface area contributed by atoms with Crippen LogP contribution >= 0.6 is 0 Å². The zero-order valence-corrected chi connectivity index (χ0v) is 16.0. The van der Waals surface area contributed by atoms with Gasteiger partial charge in [0.25, 0.3) is 11.8 Å². The number of anilines is 1. The molecule has 30 heavy (non-hydrogen) atoms. The van der Waals surface area contributed by atoms with E-state index in [1.54, 1.807) is 26.0 Å². The summed E-state index contributed by atoms with van der Waals surface area (Å²) in [4.78, 5) is 31.3. The predicted octanol–water partition coefficient (Wildman–Crippen LogP) is 4.12. The molecule has 6 nitrogen and oxygen atoms in total. The first-order valence-electron chi connectivity index (χ1n) is 9.16. The van der Waals surface area contributed by atoms with Crippen molar-refractivity contribution < 1.29 is 18.4 Å². The van der Waals surface area contributed by atoms with Crippen LogP contribution in [0.25, 0.3) is 16.7 Å². The second-order valence-electron chi connectivity index (χ2n) is 7.12. The summed E-state index contributed by atoms with van der Waals surface area (Å²) in [6, 6.07) is 10.1. The third kappa shape index (κ3) is 2.46. The van der Waals surface area contributed by atoms with Crippen LogP contribution in [0.4, 0.5) is 14.5 Å². The molecule has 0 radical (unpaired) electrons. The van der Waals surface area contributed by atoms with Gasteiger partial charge in [-0.2, -0.15) is 5.10 Å². The lowest BCUT2D eigenvalue weighted by molar-refractivity contribution is 0.0925. The summed E-state index contributed by atoms with van der Waals surface area (Å²) in [7, 11) is 0. The molecule has 0 aliphatic carbocycles. The minimum atomic E-state index is -0.666. The molecule has 0 bridgehead atoms. The average Bonchev–Trinajstić information content (AvgIpc) is 3.17. The number of halogens is 2. The third-order valence-electron chi connectivity index (χ3n) is 5.12. The van der Waals surface area contributed by atoms with Gasteiger partial charge in [0.1, 0.15) is 11.6 Å². The molecule has 4 aromatic rings. The molecule has 5 rings (SSSR count). The van der Waals surface area contributed by atoms with Gasteiger partial charge in [-0.1, -0.05) is 12.1 Å². The van der Waals surface area contributed by atoms with E-state index in [0.29, 0.717) is 28.0 Å². The number of aryl methyl sites for hydroxylation is 2. The number of hydrogen-bond acceptors (Lipinski definition) is 4. The molecule has 1 aliphatic heterocycles. The molecule has 0 atom stereocenters. The fourth-order valence-corrected chi connectivity index (χ4v) is 3.76. The van der Waals surface area contributed by atoms with Gasteiger partial charge in [0.15, 0.2) is 5.65 Å². The van der Waals surface area contributed by atoms with E-state index in [4.69, 9.17) is 0 Å². The van der Waals surface area contributed by atoms with Gasteiger partial charge in [0, 0.05) is 6.20 Å². The van der Waals surface area contributed by atoms with Crippen LogP contribution in [-0.2, 0) is 0 Å². The van der Waals surface area contributed by atoms with Crippen LogP contribution in [0.3, 0.4) is 0 Å². The molecular formula is C22H14F2N4O2. The summed E-state index contributed by atoms with van der Waals surface area (Å²) in [6.45, 7) is 3.39. The van der Waals surface area contributed by atoms with Gasteiger partial charge in [0.05, 0.1) is 33.6 Å². The number of fused-ring (bicyclic) bond motifs is 3. The monoisotopic (exact) mass is 404 g/mol. The number of nitrogens with zero attached hydrogens (tertiary/aromatic N) is 4. The number of aromatic nitrogens is 3. The average molecular weight is 404 g/mol. The van der Waals surface area contributed by atoms with Crippen LogP contribution in [-0.4, -0.2) is 26.6 Å². The third-order valence-corrected chi connectivity index (χ3v) is 5.12. The lowest BCUT2D eigenvalue weighted by Crippen LogP contribution is -2.30. The standard InChI is InChI=1S/C22H14F2N4O2/c1-11-6-7-17(16(24)8-11)27-21(29)15-10-25-20-18(19(15)22(27)30)12(2)26-28(20)14-5-3-4-13(23)9-14/h3-10H,1-2H3. The summed E-state index contributed by atoms with van der Waals surface area (Å²) < 4.78 is 29.6. The number of amides is 2. The molecule has 2 aromatic heterocycles. The van der Waals surface area contributed by atoms with E-state index in [9.17, 15) is 18.4 Å². The van der Waals surface area contributed by atoms with Crippen molar-refractivity contribution >= 4 is 28.5 Å². The molecule has 0 unspecified atom stereocenters. The molecule has 148 valence electrons. The second kappa shape index (κ2) is 6.28. The summed E-state index contributed by atoms with van der Waals surface area (Å²) >= 11 is 0. The van der Waals surface area contributed by atoms with Crippen LogP contribution < -0.4 is 4.90 Å². The zero-order valence-electron chi connectivity index (χ0n) is 16.0. The van der Waals surface area contributed by atoms with Crippen molar-refractivity contribution in [2.24, 2.45) is 0 Å². The van der Waals surface area contributed by atoms with Gasteiger partial charge >= 0.3 is 0 Å². The summed E-state index contributed by atoms with van der Waals surface area (Å²) in [5.41, 5.74) is 1.94. The van der Waals surface area contributed by atoms with Crippen molar-refractivity contribution in [2.75, 3.05) is 4.90 Å². The lowest BCUT2D eigenvalue weighted by Gasteiger charge is -2.15. The Hall–Kier alpha value is -3.94. The SMILES string of the molecule is Cc1ccc(N2C(=O)c3cnc4c(c(C)nn4-c4cccc(F)c4)c3C2=O)c(F)c1. The molecule has 0 N–H and O–H groups in total. The molecule has 0 saturated heterocycles. The van der Waals surface area contributed by atoms with Gasteiger partial charge in [-0.3, -0.25) is 9.59 Å². The highest BCUT2D eigenvalue weighted by atomic mass is 19.1. The molecule has 1 aliphatic rings. The highest BCUT2D eigenvalue weighted by Gasteiger charge is 2.41. The molecule has 0 spiro atoms.